The number of hydrogen-bond acceptors (Lipinski definition) is 4. The van der Waals surface area contributed by atoms with Crippen molar-refractivity contribution in [1.29, 1.82) is 0 Å². The first-order valence-corrected chi connectivity index (χ1v) is 6.92. The topological polar surface area (TPSA) is 61.7 Å². The van der Waals surface area contributed by atoms with Crippen LogP contribution >= 0.6 is 15.9 Å². The fraction of sp³-hybridized carbons (Fsp3) is 0.538. The number of nitrogens with one attached hydrogen (secondary N) is 1. The second-order valence-electron chi connectivity index (χ2n) is 4.53. The summed E-state index contributed by atoms with van der Waals surface area (Å²) >= 11 is 3.44. The molecule has 0 aliphatic heterocycles. The normalized spacial score (nSPS) is 16.6. The van der Waals surface area contributed by atoms with Crippen molar-refractivity contribution in [3.8, 4) is 5.75 Å². The molecule has 3 N–H and O–H groups in total. The lowest BCUT2D eigenvalue weighted by atomic mass is 10.2. The first kappa shape index (κ1) is 13.8. The van der Waals surface area contributed by atoms with E-state index in [0.29, 0.717) is 6.04 Å². The van der Waals surface area contributed by atoms with Crippen LogP contribution in [0.5, 0.6) is 5.75 Å². The average Bonchev–Trinajstić information content (AvgIpc) is 3.18. The van der Waals surface area contributed by atoms with Gasteiger partial charge in [0, 0.05) is 18.2 Å². The Hall–Kier alpha value is -0.620. The van der Waals surface area contributed by atoms with E-state index in [-0.39, 0.29) is 13.2 Å². The fourth-order valence-corrected chi connectivity index (χ4v) is 2.15. The summed E-state index contributed by atoms with van der Waals surface area (Å²) in [6.45, 7) is 0.560. The van der Waals surface area contributed by atoms with Crippen LogP contribution in [0, 0.1) is 0 Å². The maximum Gasteiger partial charge on any atom is 0.138 e. The first-order chi connectivity index (χ1) is 8.70. The largest absolute Gasteiger partial charge is 0.489 e. The van der Waals surface area contributed by atoms with E-state index in [2.05, 4.69) is 21.2 Å². The summed E-state index contributed by atoms with van der Waals surface area (Å²) in [5.41, 5.74) is 1.06. The highest BCUT2D eigenvalue weighted by atomic mass is 79.9. The van der Waals surface area contributed by atoms with Crippen molar-refractivity contribution >= 4 is 15.9 Å². The van der Waals surface area contributed by atoms with Crippen LogP contribution in [0.4, 0.5) is 0 Å². The molecule has 0 bridgehead atoms. The Kier molecular flexibility index (Phi) is 5.00. The van der Waals surface area contributed by atoms with Crippen molar-refractivity contribution in [3.63, 3.8) is 0 Å². The third-order valence-electron chi connectivity index (χ3n) is 2.84. The highest BCUT2D eigenvalue weighted by Crippen LogP contribution is 2.30. The minimum Gasteiger partial charge on any atom is -0.489 e. The zero-order valence-corrected chi connectivity index (χ0v) is 11.7. The Morgan fingerprint density at radius 3 is 2.89 bits per heavy atom. The summed E-state index contributed by atoms with van der Waals surface area (Å²) < 4.78 is 6.44. The highest BCUT2D eigenvalue weighted by molar-refractivity contribution is 9.10. The second-order valence-corrected chi connectivity index (χ2v) is 5.38. The molecule has 1 saturated carbocycles. The molecule has 5 heteroatoms. The summed E-state index contributed by atoms with van der Waals surface area (Å²) in [7, 11) is 0. The molecule has 2 rings (SSSR count). The molecule has 0 amide bonds. The lowest BCUT2D eigenvalue weighted by molar-refractivity contribution is 0.0530. The maximum absolute atomic E-state index is 9.32. The van der Waals surface area contributed by atoms with E-state index in [1.54, 1.807) is 0 Å². The Balaban J connectivity index is 1.99. The SMILES string of the molecule is OCC(O)COc1c(Br)cccc1CNC1CC1. The zero-order valence-electron chi connectivity index (χ0n) is 10.1. The van der Waals surface area contributed by atoms with Gasteiger partial charge in [-0.15, -0.1) is 0 Å². The molecule has 1 aromatic carbocycles. The Bertz CT molecular complexity index is 396. The fourth-order valence-electron chi connectivity index (χ4n) is 1.63. The number of aliphatic hydroxyl groups excluding tert-OH is 2. The Morgan fingerprint density at radius 1 is 1.44 bits per heavy atom. The van der Waals surface area contributed by atoms with Gasteiger partial charge in [0.25, 0.3) is 0 Å². The van der Waals surface area contributed by atoms with Gasteiger partial charge in [0.1, 0.15) is 18.5 Å². The molecule has 100 valence electrons. The molecule has 0 saturated heterocycles. The molecule has 0 heterocycles. The van der Waals surface area contributed by atoms with Crippen LogP contribution in [-0.2, 0) is 6.54 Å². The third-order valence-corrected chi connectivity index (χ3v) is 3.46. The summed E-state index contributed by atoms with van der Waals surface area (Å²) in [6.07, 6.45) is 1.64. The van der Waals surface area contributed by atoms with E-state index in [1.807, 2.05) is 18.2 Å². The number of halogens is 1. The van der Waals surface area contributed by atoms with Gasteiger partial charge in [-0.2, -0.15) is 0 Å². The van der Waals surface area contributed by atoms with Gasteiger partial charge in [-0.05, 0) is 34.8 Å². The first-order valence-electron chi connectivity index (χ1n) is 6.13. The summed E-state index contributed by atoms with van der Waals surface area (Å²) in [5, 5.41) is 21.5. The van der Waals surface area contributed by atoms with Crippen LogP contribution in [0.3, 0.4) is 0 Å². The molecule has 4 nitrogen and oxygen atoms in total. The van der Waals surface area contributed by atoms with Crippen LogP contribution in [0.15, 0.2) is 22.7 Å². The van der Waals surface area contributed by atoms with E-state index in [4.69, 9.17) is 9.84 Å². The third kappa shape index (κ3) is 3.95. The predicted octanol–water partition coefficient (Wildman–Crippen LogP) is 1.43. The predicted molar refractivity (Wildman–Crippen MR) is 72.6 cm³/mol. The molecule has 0 spiro atoms. The lowest BCUT2D eigenvalue weighted by Crippen LogP contribution is -2.22. The summed E-state index contributed by atoms with van der Waals surface area (Å²) in [5.74, 6) is 0.734. The van der Waals surface area contributed by atoms with Crippen molar-refractivity contribution in [3.05, 3.63) is 28.2 Å². The van der Waals surface area contributed by atoms with Gasteiger partial charge in [-0.3, -0.25) is 0 Å². The molecule has 0 aromatic heterocycles. The van der Waals surface area contributed by atoms with Crippen LogP contribution in [0.1, 0.15) is 18.4 Å². The number of benzene rings is 1. The molecule has 18 heavy (non-hydrogen) atoms. The van der Waals surface area contributed by atoms with E-state index in [9.17, 15) is 5.11 Å². The minimum atomic E-state index is -0.846. The van der Waals surface area contributed by atoms with Crippen LogP contribution in [0.2, 0.25) is 0 Å². The standard InChI is InChI=1S/C13H18BrNO3/c14-12-3-1-2-9(6-15-10-4-5-10)13(12)18-8-11(17)7-16/h1-3,10-11,15-17H,4-8H2. The van der Waals surface area contributed by atoms with Crippen LogP contribution < -0.4 is 10.1 Å². The van der Waals surface area contributed by atoms with E-state index < -0.39 is 6.10 Å². The van der Waals surface area contributed by atoms with Crippen molar-refractivity contribution in [2.75, 3.05) is 13.2 Å². The average molecular weight is 316 g/mol. The zero-order chi connectivity index (χ0) is 13.0. The number of aliphatic hydroxyl groups is 2. The van der Waals surface area contributed by atoms with Gasteiger partial charge < -0.3 is 20.3 Å². The van der Waals surface area contributed by atoms with Gasteiger partial charge in [-0.1, -0.05) is 12.1 Å². The van der Waals surface area contributed by atoms with Crippen molar-refractivity contribution in [1.82, 2.24) is 5.32 Å². The monoisotopic (exact) mass is 315 g/mol. The van der Waals surface area contributed by atoms with Crippen LogP contribution in [0.25, 0.3) is 0 Å². The van der Waals surface area contributed by atoms with Crippen molar-refractivity contribution in [2.24, 2.45) is 0 Å². The van der Waals surface area contributed by atoms with Crippen LogP contribution in [-0.4, -0.2) is 35.6 Å². The maximum atomic E-state index is 9.32. The van der Waals surface area contributed by atoms with Gasteiger partial charge in [0.15, 0.2) is 0 Å². The Morgan fingerprint density at radius 2 is 2.22 bits per heavy atom. The number of hydrogen-bond donors (Lipinski definition) is 3. The van der Waals surface area contributed by atoms with Gasteiger partial charge in [0.05, 0.1) is 11.1 Å². The molecule has 0 radical (unpaired) electrons. The number of ether oxygens (including phenoxy) is 1. The van der Waals surface area contributed by atoms with Gasteiger partial charge >= 0.3 is 0 Å². The summed E-state index contributed by atoms with van der Waals surface area (Å²) in [4.78, 5) is 0. The molecular formula is C13H18BrNO3. The smallest absolute Gasteiger partial charge is 0.138 e. The molecule has 1 aliphatic rings. The van der Waals surface area contributed by atoms with Gasteiger partial charge in [-0.25, -0.2) is 0 Å². The van der Waals surface area contributed by atoms with E-state index in [0.717, 1.165) is 22.3 Å². The molecule has 1 unspecified atom stereocenters. The lowest BCUT2D eigenvalue weighted by Gasteiger charge is -2.15. The van der Waals surface area contributed by atoms with E-state index in [1.165, 1.54) is 12.8 Å². The minimum absolute atomic E-state index is 0.0928. The molecule has 1 fully saturated rings. The number of para-hydroxylation sites is 1. The highest BCUT2D eigenvalue weighted by Gasteiger charge is 2.21. The Labute approximate surface area is 115 Å². The quantitative estimate of drug-likeness (QED) is 0.712. The van der Waals surface area contributed by atoms with Gasteiger partial charge in [0.2, 0.25) is 0 Å². The summed E-state index contributed by atoms with van der Waals surface area (Å²) in [6, 6.07) is 6.51. The van der Waals surface area contributed by atoms with Crippen molar-refractivity contribution < 1.29 is 14.9 Å². The van der Waals surface area contributed by atoms with Crippen molar-refractivity contribution in [2.45, 2.75) is 31.5 Å². The second kappa shape index (κ2) is 6.52. The molecule has 1 aromatic rings. The molecule has 1 aliphatic carbocycles. The van der Waals surface area contributed by atoms with E-state index >= 15 is 0 Å². The molecule has 1 atom stereocenters. The molecular weight excluding hydrogens is 298 g/mol. The number of rotatable bonds is 7.